The van der Waals surface area contributed by atoms with Gasteiger partial charge in [0.1, 0.15) is 0 Å². The van der Waals surface area contributed by atoms with E-state index in [1.807, 2.05) is 74.4 Å². The Labute approximate surface area is 181 Å². The van der Waals surface area contributed by atoms with Crippen molar-refractivity contribution in [3.63, 3.8) is 0 Å². The Hall–Kier alpha value is -3.05. The smallest absolute Gasteiger partial charge is 0.277 e. The van der Waals surface area contributed by atoms with Crippen LogP contribution in [-0.2, 0) is 6.54 Å². The number of pyridine rings is 1. The molecule has 0 spiro atoms. The number of rotatable bonds is 4. The molecule has 0 saturated heterocycles. The number of aromatic nitrogens is 1. The molecule has 1 aliphatic heterocycles. The van der Waals surface area contributed by atoms with Gasteiger partial charge in [-0.25, -0.2) is 4.68 Å². The summed E-state index contributed by atoms with van der Waals surface area (Å²) in [4.78, 5) is 28.9. The molecule has 1 amide bonds. The van der Waals surface area contributed by atoms with Gasteiger partial charge in [-0.05, 0) is 43.2 Å². The summed E-state index contributed by atoms with van der Waals surface area (Å²) in [6.45, 7) is 5.65. The number of amides is 1. The van der Waals surface area contributed by atoms with Gasteiger partial charge in [0.15, 0.2) is 0 Å². The molecule has 6 heteroatoms. The third-order valence-electron chi connectivity index (χ3n) is 5.61. The molecule has 0 radical (unpaired) electrons. The van der Waals surface area contributed by atoms with Gasteiger partial charge in [0.25, 0.3) is 11.5 Å². The van der Waals surface area contributed by atoms with Gasteiger partial charge in [-0.1, -0.05) is 48.0 Å². The van der Waals surface area contributed by atoms with Crippen LogP contribution in [0.2, 0.25) is 5.02 Å². The van der Waals surface area contributed by atoms with Crippen molar-refractivity contribution in [2.75, 3.05) is 25.1 Å². The Morgan fingerprint density at radius 1 is 1.03 bits per heavy atom. The van der Waals surface area contributed by atoms with Crippen LogP contribution < -0.4 is 10.6 Å². The molecule has 30 heavy (non-hydrogen) atoms. The number of carbonyl (C=O) groups is 1. The number of benzene rings is 2. The van der Waals surface area contributed by atoms with E-state index in [1.165, 1.54) is 0 Å². The van der Waals surface area contributed by atoms with Crippen LogP contribution in [0.3, 0.4) is 0 Å². The van der Waals surface area contributed by atoms with Gasteiger partial charge in [-0.2, -0.15) is 0 Å². The van der Waals surface area contributed by atoms with Gasteiger partial charge in [0.05, 0.1) is 17.8 Å². The number of nitrogens with zero attached hydrogens (tertiary/aromatic N) is 3. The molecular formula is C24H24ClN3O2. The molecule has 2 aromatic carbocycles. The Morgan fingerprint density at radius 2 is 1.73 bits per heavy atom. The fourth-order valence-corrected chi connectivity index (χ4v) is 4.25. The molecule has 2 heterocycles. The van der Waals surface area contributed by atoms with Gasteiger partial charge < -0.3 is 9.91 Å². The van der Waals surface area contributed by atoms with Crippen LogP contribution in [-0.4, -0.2) is 35.6 Å². The summed E-state index contributed by atoms with van der Waals surface area (Å²) in [6.07, 6.45) is 0. The molecule has 0 atom stereocenters. The molecule has 0 N–H and O–H groups in total. The molecule has 1 aliphatic rings. The lowest BCUT2D eigenvalue weighted by atomic mass is 9.95. The van der Waals surface area contributed by atoms with Crippen molar-refractivity contribution in [1.29, 1.82) is 0 Å². The lowest BCUT2D eigenvalue weighted by Crippen LogP contribution is -2.44. The highest BCUT2D eigenvalue weighted by Crippen LogP contribution is 2.35. The molecule has 3 aromatic rings. The molecule has 0 unspecified atom stereocenters. The molecule has 5 nitrogen and oxygen atoms in total. The maximum absolute atomic E-state index is 13.6. The SMILES string of the molecule is CCN(CC)C(=O)c1cc(-c2ccccc2)c(=O)n2c1-c1cc(Cl)ccc1CN2C. The maximum atomic E-state index is 13.6. The van der Waals surface area contributed by atoms with Crippen LogP contribution in [0, 0.1) is 0 Å². The minimum absolute atomic E-state index is 0.0952. The first-order valence-corrected chi connectivity index (χ1v) is 10.5. The van der Waals surface area contributed by atoms with E-state index in [-0.39, 0.29) is 11.5 Å². The van der Waals surface area contributed by atoms with Crippen molar-refractivity contribution in [2.24, 2.45) is 0 Å². The van der Waals surface area contributed by atoms with Crippen LogP contribution in [0.15, 0.2) is 59.4 Å². The molecular weight excluding hydrogens is 398 g/mol. The van der Waals surface area contributed by atoms with Gasteiger partial charge in [0.2, 0.25) is 0 Å². The number of hydrogen-bond donors (Lipinski definition) is 0. The second-order valence-corrected chi connectivity index (χ2v) is 7.83. The van der Waals surface area contributed by atoms with Crippen LogP contribution in [0.1, 0.15) is 29.8 Å². The van der Waals surface area contributed by atoms with Gasteiger partial charge >= 0.3 is 0 Å². The first-order valence-electron chi connectivity index (χ1n) is 10.1. The van der Waals surface area contributed by atoms with Gasteiger partial charge in [-0.3, -0.25) is 9.59 Å². The first kappa shape index (κ1) is 20.2. The lowest BCUT2D eigenvalue weighted by molar-refractivity contribution is 0.0773. The zero-order chi connectivity index (χ0) is 21.4. The predicted molar refractivity (Wildman–Crippen MR) is 122 cm³/mol. The Kier molecular flexibility index (Phi) is 5.39. The minimum atomic E-state index is -0.152. The normalized spacial score (nSPS) is 12.3. The maximum Gasteiger partial charge on any atom is 0.277 e. The van der Waals surface area contributed by atoms with Crippen molar-refractivity contribution in [3.8, 4) is 22.4 Å². The third kappa shape index (κ3) is 3.29. The van der Waals surface area contributed by atoms with Crippen molar-refractivity contribution in [2.45, 2.75) is 20.4 Å². The highest BCUT2D eigenvalue weighted by molar-refractivity contribution is 6.31. The summed E-state index contributed by atoms with van der Waals surface area (Å²) in [5, 5.41) is 2.44. The van der Waals surface area contributed by atoms with Gasteiger partial charge in [0, 0.05) is 36.3 Å². The van der Waals surface area contributed by atoms with E-state index in [1.54, 1.807) is 15.6 Å². The van der Waals surface area contributed by atoms with Crippen molar-refractivity contribution in [3.05, 3.63) is 81.1 Å². The molecule has 1 aromatic heterocycles. The lowest BCUT2D eigenvalue weighted by Gasteiger charge is -2.34. The van der Waals surface area contributed by atoms with E-state index in [4.69, 9.17) is 11.6 Å². The first-order chi connectivity index (χ1) is 14.5. The number of carbonyl (C=O) groups excluding carboxylic acids is 1. The van der Waals surface area contributed by atoms with Crippen LogP contribution in [0.5, 0.6) is 0 Å². The van der Waals surface area contributed by atoms with Crippen molar-refractivity contribution in [1.82, 2.24) is 9.58 Å². The van der Waals surface area contributed by atoms with E-state index >= 15 is 0 Å². The van der Waals surface area contributed by atoms with Crippen LogP contribution in [0.4, 0.5) is 0 Å². The average Bonchev–Trinajstić information content (AvgIpc) is 2.75. The van der Waals surface area contributed by atoms with Crippen LogP contribution in [0.25, 0.3) is 22.4 Å². The fourth-order valence-electron chi connectivity index (χ4n) is 4.08. The highest BCUT2D eigenvalue weighted by Gasteiger charge is 2.30. The van der Waals surface area contributed by atoms with Crippen molar-refractivity contribution >= 4 is 17.5 Å². The number of halogens is 1. The second kappa shape index (κ2) is 8.00. The zero-order valence-electron chi connectivity index (χ0n) is 17.4. The van der Waals surface area contributed by atoms with Crippen LogP contribution >= 0.6 is 11.6 Å². The largest absolute Gasteiger partial charge is 0.339 e. The van der Waals surface area contributed by atoms with E-state index < -0.39 is 0 Å². The molecule has 0 aliphatic carbocycles. The Balaban J connectivity index is 2.09. The summed E-state index contributed by atoms with van der Waals surface area (Å²) >= 11 is 6.30. The van der Waals surface area contributed by atoms with E-state index in [2.05, 4.69) is 0 Å². The summed E-state index contributed by atoms with van der Waals surface area (Å²) in [7, 11) is 1.86. The van der Waals surface area contributed by atoms with Gasteiger partial charge in [-0.15, -0.1) is 0 Å². The molecule has 0 saturated carbocycles. The van der Waals surface area contributed by atoms with E-state index in [0.717, 1.165) is 16.7 Å². The van der Waals surface area contributed by atoms with Crippen molar-refractivity contribution < 1.29 is 4.79 Å². The monoisotopic (exact) mass is 421 g/mol. The Morgan fingerprint density at radius 3 is 2.40 bits per heavy atom. The van der Waals surface area contributed by atoms with E-state index in [0.29, 0.717) is 41.5 Å². The minimum Gasteiger partial charge on any atom is -0.339 e. The average molecular weight is 422 g/mol. The molecule has 4 rings (SSSR count). The topological polar surface area (TPSA) is 45.6 Å². The summed E-state index contributed by atoms with van der Waals surface area (Å²) < 4.78 is 1.62. The Bertz CT molecular complexity index is 1170. The summed E-state index contributed by atoms with van der Waals surface area (Å²) in [6, 6.07) is 16.9. The third-order valence-corrected chi connectivity index (χ3v) is 5.85. The standard InChI is InChI=1S/C24H24ClN3O2/c1-4-27(5-2)23(29)21-14-20(16-9-7-6-8-10-16)24(30)28-22(21)19-13-18(25)12-11-17(19)15-26(28)3/h6-14H,4-5,15H2,1-3H3. The molecule has 0 bridgehead atoms. The summed E-state index contributed by atoms with van der Waals surface area (Å²) in [5.41, 5.74) is 4.11. The zero-order valence-corrected chi connectivity index (χ0v) is 18.1. The molecule has 0 fully saturated rings. The number of fused-ring (bicyclic) bond motifs is 3. The summed E-state index contributed by atoms with van der Waals surface area (Å²) in [5.74, 6) is -0.0952. The number of hydrogen-bond acceptors (Lipinski definition) is 3. The quantitative estimate of drug-likeness (QED) is 0.627. The molecule has 154 valence electrons. The highest BCUT2D eigenvalue weighted by atomic mass is 35.5. The van der Waals surface area contributed by atoms with E-state index in [9.17, 15) is 9.59 Å². The second-order valence-electron chi connectivity index (χ2n) is 7.40. The predicted octanol–water partition coefficient (Wildman–Crippen LogP) is 4.40. The fraction of sp³-hybridized carbons (Fsp3) is 0.250.